The van der Waals surface area contributed by atoms with Crippen LogP contribution in [0.2, 0.25) is 0 Å². The summed E-state index contributed by atoms with van der Waals surface area (Å²) in [4.78, 5) is 0. The van der Waals surface area contributed by atoms with Crippen molar-refractivity contribution in [2.45, 2.75) is 33.3 Å². The van der Waals surface area contributed by atoms with E-state index in [0.29, 0.717) is 0 Å². The summed E-state index contributed by atoms with van der Waals surface area (Å²) in [6.07, 6.45) is 1.30. The predicted octanol–water partition coefficient (Wildman–Crippen LogP) is 4.09. The fourth-order valence-electron chi connectivity index (χ4n) is 1.39. The summed E-state index contributed by atoms with van der Waals surface area (Å²) in [7, 11) is 0. The summed E-state index contributed by atoms with van der Waals surface area (Å²) in [6.45, 7) is 10.3. The average molecular weight is 226 g/mol. The highest BCUT2D eigenvalue weighted by atomic mass is 19.1. The summed E-state index contributed by atoms with van der Waals surface area (Å²) in [6, 6.07) is 1.06. The third-order valence-corrected chi connectivity index (χ3v) is 2.08. The van der Waals surface area contributed by atoms with Crippen LogP contribution in [0.15, 0.2) is 12.6 Å². The van der Waals surface area contributed by atoms with Crippen LogP contribution in [0.4, 0.5) is 8.78 Å². The minimum atomic E-state index is -0.560. The van der Waals surface area contributed by atoms with Gasteiger partial charge in [0.1, 0.15) is 11.4 Å². The van der Waals surface area contributed by atoms with Crippen molar-refractivity contribution >= 4 is 6.08 Å². The van der Waals surface area contributed by atoms with Gasteiger partial charge >= 0.3 is 0 Å². The molecule has 0 spiro atoms. The number of ether oxygens (including phenoxy) is 1. The van der Waals surface area contributed by atoms with Crippen molar-refractivity contribution in [1.82, 2.24) is 0 Å². The molecular weight excluding hydrogens is 210 g/mol. The van der Waals surface area contributed by atoms with Crippen LogP contribution in [-0.2, 0) is 0 Å². The molecule has 16 heavy (non-hydrogen) atoms. The standard InChI is InChI=1S/C13H16F2O/c1-6-9-8(2)12(15)11(7-10(9)14)16-13(3,4)5/h6-7H,1H2,2-5H3. The number of halogens is 2. The van der Waals surface area contributed by atoms with Gasteiger partial charge in [0.25, 0.3) is 0 Å². The molecule has 0 saturated carbocycles. The molecule has 0 aliphatic rings. The van der Waals surface area contributed by atoms with Gasteiger partial charge in [0.2, 0.25) is 0 Å². The molecule has 0 aliphatic carbocycles. The maximum atomic E-state index is 13.8. The fourth-order valence-corrected chi connectivity index (χ4v) is 1.39. The minimum Gasteiger partial charge on any atom is -0.485 e. The Morgan fingerprint density at radius 1 is 1.31 bits per heavy atom. The molecule has 0 radical (unpaired) electrons. The Bertz CT molecular complexity index is 417. The highest BCUT2D eigenvalue weighted by Gasteiger charge is 2.19. The largest absolute Gasteiger partial charge is 0.485 e. The molecule has 0 bridgehead atoms. The van der Waals surface area contributed by atoms with Gasteiger partial charge in [-0.25, -0.2) is 8.78 Å². The lowest BCUT2D eigenvalue weighted by molar-refractivity contribution is 0.123. The number of hydrogen-bond acceptors (Lipinski definition) is 1. The zero-order valence-corrected chi connectivity index (χ0v) is 10.0. The first kappa shape index (κ1) is 12.7. The molecule has 1 nitrogen and oxygen atoms in total. The van der Waals surface area contributed by atoms with Gasteiger partial charge in [0, 0.05) is 11.6 Å². The van der Waals surface area contributed by atoms with E-state index in [1.165, 1.54) is 13.0 Å². The molecule has 0 N–H and O–H groups in total. The molecule has 0 unspecified atom stereocenters. The van der Waals surface area contributed by atoms with E-state index in [4.69, 9.17) is 4.74 Å². The number of hydrogen-bond donors (Lipinski definition) is 0. The van der Waals surface area contributed by atoms with Gasteiger partial charge in [-0.2, -0.15) is 0 Å². The average Bonchev–Trinajstić information content (AvgIpc) is 2.12. The van der Waals surface area contributed by atoms with Crippen LogP contribution in [0.3, 0.4) is 0 Å². The maximum absolute atomic E-state index is 13.8. The van der Waals surface area contributed by atoms with Crippen molar-refractivity contribution in [3.63, 3.8) is 0 Å². The van der Waals surface area contributed by atoms with Crippen molar-refractivity contribution in [1.29, 1.82) is 0 Å². The highest BCUT2D eigenvalue weighted by Crippen LogP contribution is 2.29. The topological polar surface area (TPSA) is 9.23 Å². The summed E-state index contributed by atoms with van der Waals surface area (Å²) in [5, 5.41) is 0. The summed E-state index contributed by atoms with van der Waals surface area (Å²) >= 11 is 0. The molecule has 0 heterocycles. The van der Waals surface area contributed by atoms with Crippen molar-refractivity contribution in [2.24, 2.45) is 0 Å². The summed E-state index contributed by atoms with van der Waals surface area (Å²) in [5.74, 6) is -1.12. The molecule has 0 atom stereocenters. The van der Waals surface area contributed by atoms with Crippen LogP contribution in [0.5, 0.6) is 5.75 Å². The Kier molecular flexibility index (Phi) is 3.36. The van der Waals surface area contributed by atoms with E-state index >= 15 is 0 Å². The van der Waals surface area contributed by atoms with E-state index in [1.807, 2.05) is 0 Å². The Labute approximate surface area is 94.7 Å². The monoisotopic (exact) mass is 226 g/mol. The van der Waals surface area contributed by atoms with E-state index in [2.05, 4.69) is 6.58 Å². The summed E-state index contributed by atoms with van der Waals surface area (Å²) in [5.41, 5.74) is -0.164. The van der Waals surface area contributed by atoms with Crippen LogP contribution >= 0.6 is 0 Å². The van der Waals surface area contributed by atoms with Crippen molar-refractivity contribution in [3.8, 4) is 5.75 Å². The first-order valence-corrected chi connectivity index (χ1v) is 5.06. The van der Waals surface area contributed by atoms with Gasteiger partial charge in [-0.1, -0.05) is 12.7 Å². The second kappa shape index (κ2) is 4.24. The van der Waals surface area contributed by atoms with Gasteiger partial charge < -0.3 is 4.74 Å². The Morgan fingerprint density at radius 3 is 2.31 bits per heavy atom. The normalized spacial score (nSPS) is 11.4. The van der Waals surface area contributed by atoms with Gasteiger partial charge in [-0.15, -0.1) is 0 Å². The third kappa shape index (κ3) is 2.60. The van der Waals surface area contributed by atoms with Crippen LogP contribution in [0.1, 0.15) is 31.9 Å². The van der Waals surface area contributed by atoms with E-state index in [1.54, 1.807) is 20.8 Å². The van der Waals surface area contributed by atoms with Crippen LogP contribution in [-0.4, -0.2) is 5.60 Å². The molecule has 88 valence electrons. The lowest BCUT2D eigenvalue weighted by Crippen LogP contribution is -2.24. The van der Waals surface area contributed by atoms with Gasteiger partial charge in [-0.3, -0.25) is 0 Å². The van der Waals surface area contributed by atoms with Crippen molar-refractivity contribution in [2.75, 3.05) is 0 Å². The van der Waals surface area contributed by atoms with Crippen molar-refractivity contribution < 1.29 is 13.5 Å². The molecule has 1 aromatic carbocycles. The molecule has 1 rings (SSSR count). The molecule has 3 heteroatoms. The molecule has 1 aromatic rings. The lowest BCUT2D eigenvalue weighted by atomic mass is 10.1. The lowest BCUT2D eigenvalue weighted by Gasteiger charge is -2.22. The zero-order chi connectivity index (χ0) is 12.5. The highest BCUT2D eigenvalue weighted by molar-refractivity contribution is 5.55. The van der Waals surface area contributed by atoms with E-state index in [9.17, 15) is 8.78 Å². The first-order chi connectivity index (χ1) is 7.26. The second-order valence-corrected chi connectivity index (χ2v) is 4.63. The van der Waals surface area contributed by atoms with Crippen LogP contribution < -0.4 is 4.74 Å². The maximum Gasteiger partial charge on any atom is 0.168 e. The fraction of sp³-hybridized carbons (Fsp3) is 0.385. The Hall–Kier alpha value is -1.38. The molecule has 0 aliphatic heterocycles. The molecule has 0 aromatic heterocycles. The Morgan fingerprint density at radius 2 is 1.88 bits per heavy atom. The SMILES string of the molecule is C=Cc1c(F)cc(OC(C)(C)C)c(F)c1C. The number of rotatable bonds is 2. The van der Waals surface area contributed by atoms with Gasteiger partial charge in [0.15, 0.2) is 11.6 Å². The van der Waals surface area contributed by atoms with E-state index in [-0.39, 0.29) is 16.9 Å². The van der Waals surface area contributed by atoms with E-state index < -0.39 is 17.2 Å². The molecular formula is C13H16F2O. The van der Waals surface area contributed by atoms with E-state index in [0.717, 1.165) is 6.07 Å². The third-order valence-electron chi connectivity index (χ3n) is 2.08. The molecule has 0 amide bonds. The predicted molar refractivity (Wildman–Crippen MR) is 61.6 cm³/mol. The minimum absolute atomic E-state index is 0.0619. The Balaban J connectivity index is 3.29. The van der Waals surface area contributed by atoms with Crippen LogP contribution in [0.25, 0.3) is 6.08 Å². The zero-order valence-electron chi connectivity index (χ0n) is 10.0. The quantitative estimate of drug-likeness (QED) is 0.737. The van der Waals surface area contributed by atoms with Crippen LogP contribution in [0, 0.1) is 18.6 Å². The smallest absolute Gasteiger partial charge is 0.168 e. The summed E-state index contributed by atoms with van der Waals surface area (Å²) < 4.78 is 32.7. The van der Waals surface area contributed by atoms with Gasteiger partial charge in [0.05, 0.1) is 0 Å². The van der Waals surface area contributed by atoms with Crippen molar-refractivity contribution in [3.05, 3.63) is 35.4 Å². The first-order valence-electron chi connectivity index (χ1n) is 5.06. The molecule has 0 fully saturated rings. The number of benzene rings is 1. The molecule has 0 saturated heterocycles. The second-order valence-electron chi connectivity index (χ2n) is 4.63. The van der Waals surface area contributed by atoms with Gasteiger partial charge in [-0.05, 0) is 33.3 Å².